The van der Waals surface area contributed by atoms with Crippen LogP contribution in [0.5, 0.6) is 0 Å². The van der Waals surface area contributed by atoms with Crippen molar-refractivity contribution in [1.82, 2.24) is 0 Å². The molecular weight excluding hydrogens is 168 g/mol. The summed E-state index contributed by atoms with van der Waals surface area (Å²) in [6.07, 6.45) is 2.86. The molecule has 0 heterocycles. The normalized spacial score (nSPS) is 9.91. The van der Waals surface area contributed by atoms with Crippen molar-refractivity contribution in [2.24, 2.45) is 0 Å². The molecule has 1 N–H and O–H groups in total. The SMILES string of the molecule is O=C(O)COCCCCCCl. The number of aliphatic carboxylic acids is 1. The first-order chi connectivity index (χ1) is 5.27. The van der Waals surface area contributed by atoms with Gasteiger partial charge in [0.2, 0.25) is 0 Å². The van der Waals surface area contributed by atoms with Crippen molar-refractivity contribution in [1.29, 1.82) is 0 Å². The van der Waals surface area contributed by atoms with E-state index in [0.29, 0.717) is 12.5 Å². The molecule has 0 saturated heterocycles. The number of ether oxygens (including phenoxy) is 1. The minimum absolute atomic E-state index is 0.194. The van der Waals surface area contributed by atoms with E-state index in [0.717, 1.165) is 19.3 Å². The van der Waals surface area contributed by atoms with E-state index in [1.54, 1.807) is 0 Å². The van der Waals surface area contributed by atoms with Crippen LogP contribution in [0, 0.1) is 0 Å². The van der Waals surface area contributed by atoms with Crippen molar-refractivity contribution in [3.05, 3.63) is 0 Å². The fraction of sp³-hybridized carbons (Fsp3) is 0.857. The molecule has 0 fully saturated rings. The van der Waals surface area contributed by atoms with Crippen molar-refractivity contribution in [2.45, 2.75) is 19.3 Å². The van der Waals surface area contributed by atoms with Crippen LogP contribution in [0.3, 0.4) is 0 Å². The van der Waals surface area contributed by atoms with E-state index in [9.17, 15) is 4.79 Å². The summed E-state index contributed by atoms with van der Waals surface area (Å²) in [4.78, 5) is 9.94. The Morgan fingerprint density at radius 1 is 1.36 bits per heavy atom. The zero-order valence-corrected chi connectivity index (χ0v) is 7.14. The summed E-state index contributed by atoms with van der Waals surface area (Å²) in [5, 5.41) is 8.17. The maximum absolute atomic E-state index is 9.94. The number of carboxylic acid groups (broad SMARTS) is 1. The highest BCUT2D eigenvalue weighted by molar-refractivity contribution is 6.17. The fourth-order valence-corrected chi connectivity index (χ4v) is 0.824. The van der Waals surface area contributed by atoms with Gasteiger partial charge in [0.05, 0.1) is 0 Å². The van der Waals surface area contributed by atoms with Crippen LogP contribution in [0.2, 0.25) is 0 Å². The van der Waals surface area contributed by atoms with Gasteiger partial charge in [0, 0.05) is 12.5 Å². The highest BCUT2D eigenvalue weighted by Crippen LogP contribution is 1.96. The topological polar surface area (TPSA) is 46.5 Å². The molecule has 11 heavy (non-hydrogen) atoms. The van der Waals surface area contributed by atoms with E-state index >= 15 is 0 Å². The molecule has 0 rings (SSSR count). The van der Waals surface area contributed by atoms with Crippen molar-refractivity contribution in [3.8, 4) is 0 Å². The Kier molecular flexibility index (Phi) is 7.62. The average Bonchev–Trinajstić information content (AvgIpc) is 1.96. The van der Waals surface area contributed by atoms with E-state index < -0.39 is 5.97 Å². The lowest BCUT2D eigenvalue weighted by Gasteiger charge is -1.99. The molecule has 0 aromatic rings. The molecule has 4 heteroatoms. The molecule has 0 unspecified atom stereocenters. The summed E-state index contributed by atoms with van der Waals surface area (Å²) < 4.78 is 4.80. The van der Waals surface area contributed by atoms with E-state index in [-0.39, 0.29) is 6.61 Å². The third-order valence-corrected chi connectivity index (χ3v) is 1.42. The smallest absolute Gasteiger partial charge is 0.329 e. The van der Waals surface area contributed by atoms with Crippen LogP contribution >= 0.6 is 11.6 Å². The van der Waals surface area contributed by atoms with Gasteiger partial charge in [-0.1, -0.05) is 0 Å². The quantitative estimate of drug-likeness (QED) is 0.477. The zero-order valence-electron chi connectivity index (χ0n) is 6.38. The fourth-order valence-electron chi connectivity index (χ4n) is 0.635. The van der Waals surface area contributed by atoms with Crippen molar-refractivity contribution < 1.29 is 14.6 Å². The van der Waals surface area contributed by atoms with Crippen molar-refractivity contribution >= 4 is 17.6 Å². The third kappa shape index (κ3) is 9.72. The minimum atomic E-state index is -0.914. The Balaban J connectivity index is 2.85. The van der Waals surface area contributed by atoms with Gasteiger partial charge in [-0.2, -0.15) is 0 Å². The standard InChI is InChI=1S/C7H13ClO3/c8-4-2-1-3-5-11-6-7(9)10/h1-6H2,(H,9,10). The molecular formula is C7H13ClO3. The predicted octanol–water partition coefficient (Wildman–Crippen LogP) is 1.50. The molecule has 0 atom stereocenters. The van der Waals surface area contributed by atoms with Gasteiger partial charge in [0.25, 0.3) is 0 Å². The average molecular weight is 181 g/mol. The summed E-state index contributed by atoms with van der Waals surface area (Å²) in [6.45, 7) is 0.323. The number of halogens is 1. The first kappa shape index (κ1) is 10.7. The maximum Gasteiger partial charge on any atom is 0.329 e. The molecule has 0 amide bonds. The van der Waals surface area contributed by atoms with Crippen LogP contribution in [0.25, 0.3) is 0 Å². The predicted molar refractivity (Wildman–Crippen MR) is 43.0 cm³/mol. The highest BCUT2D eigenvalue weighted by atomic mass is 35.5. The second kappa shape index (κ2) is 7.82. The molecule has 3 nitrogen and oxygen atoms in total. The molecule has 0 saturated carbocycles. The van der Waals surface area contributed by atoms with Gasteiger partial charge in [0.1, 0.15) is 6.61 Å². The third-order valence-electron chi connectivity index (χ3n) is 1.15. The minimum Gasteiger partial charge on any atom is -0.480 e. The maximum atomic E-state index is 9.94. The number of carbonyl (C=O) groups is 1. The molecule has 0 aliphatic carbocycles. The van der Waals surface area contributed by atoms with E-state index in [1.807, 2.05) is 0 Å². The second-order valence-corrected chi connectivity index (χ2v) is 2.57. The Bertz CT molecular complexity index is 106. The molecule has 0 aliphatic rings. The number of unbranched alkanes of at least 4 members (excludes halogenated alkanes) is 2. The summed E-state index contributed by atoms with van der Waals surface area (Å²) in [5.74, 6) is -0.249. The molecule has 0 bridgehead atoms. The van der Waals surface area contributed by atoms with Crippen LogP contribution in [0.4, 0.5) is 0 Å². The largest absolute Gasteiger partial charge is 0.480 e. The van der Waals surface area contributed by atoms with E-state index in [1.165, 1.54) is 0 Å². The zero-order chi connectivity index (χ0) is 8.53. The van der Waals surface area contributed by atoms with Gasteiger partial charge in [-0.3, -0.25) is 0 Å². The van der Waals surface area contributed by atoms with Gasteiger partial charge in [-0.15, -0.1) is 11.6 Å². The highest BCUT2D eigenvalue weighted by Gasteiger charge is 1.94. The van der Waals surface area contributed by atoms with Crippen LogP contribution in [-0.2, 0) is 9.53 Å². The number of carboxylic acids is 1. The monoisotopic (exact) mass is 180 g/mol. The number of hydrogen-bond acceptors (Lipinski definition) is 2. The number of alkyl halides is 1. The second-order valence-electron chi connectivity index (χ2n) is 2.20. The van der Waals surface area contributed by atoms with Gasteiger partial charge in [0.15, 0.2) is 0 Å². The van der Waals surface area contributed by atoms with Gasteiger partial charge in [-0.25, -0.2) is 4.79 Å². The lowest BCUT2D eigenvalue weighted by Crippen LogP contribution is -2.07. The molecule has 0 aromatic heterocycles. The van der Waals surface area contributed by atoms with Crippen LogP contribution < -0.4 is 0 Å². The van der Waals surface area contributed by atoms with Crippen LogP contribution in [0.15, 0.2) is 0 Å². The van der Waals surface area contributed by atoms with Crippen molar-refractivity contribution in [2.75, 3.05) is 19.1 Å². The summed E-state index contributed by atoms with van der Waals surface area (Å²) in [6, 6.07) is 0. The lowest BCUT2D eigenvalue weighted by atomic mass is 10.3. The number of hydrogen-bond donors (Lipinski definition) is 1. The molecule has 0 spiro atoms. The van der Waals surface area contributed by atoms with Gasteiger partial charge >= 0.3 is 5.97 Å². The Hall–Kier alpha value is -0.280. The first-order valence-electron chi connectivity index (χ1n) is 3.63. The van der Waals surface area contributed by atoms with Gasteiger partial charge < -0.3 is 9.84 Å². The Morgan fingerprint density at radius 3 is 2.64 bits per heavy atom. The number of rotatable bonds is 7. The first-order valence-corrected chi connectivity index (χ1v) is 4.16. The van der Waals surface area contributed by atoms with E-state index in [4.69, 9.17) is 21.4 Å². The van der Waals surface area contributed by atoms with Crippen molar-refractivity contribution in [3.63, 3.8) is 0 Å². The Morgan fingerprint density at radius 2 is 2.09 bits per heavy atom. The molecule has 0 aliphatic heterocycles. The van der Waals surface area contributed by atoms with Gasteiger partial charge in [-0.05, 0) is 19.3 Å². The summed E-state index contributed by atoms with van der Waals surface area (Å²) in [5.41, 5.74) is 0. The molecule has 0 radical (unpaired) electrons. The molecule has 0 aromatic carbocycles. The Labute approximate surface area is 71.3 Å². The van der Waals surface area contributed by atoms with Crippen LogP contribution in [-0.4, -0.2) is 30.2 Å². The van der Waals surface area contributed by atoms with Crippen LogP contribution in [0.1, 0.15) is 19.3 Å². The summed E-state index contributed by atoms with van der Waals surface area (Å²) in [7, 11) is 0. The van der Waals surface area contributed by atoms with E-state index in [2.05, 4.69) is 0 Å². The molecule has 66 valence electrons. The lowest BCUT2D eigenvalue weighted by molar-refractivity contribution is -0.142. The summed E-state index contributed by atoms with van der Waals surface area (Å²) >= 11 is 5.43.